The zero-order valence-electron chi connectivity index (χ0n) is 10.9. The summed E-state index contributed by atoms with van der Waals surface area (Å²) in [6.45, 7) is 1.47. The molecule has 0 amide bonds. The molecule has 1 aromatic heterocycles. The third-order valence-corrected chi connectivity index (χ3v) is 5.20. The summed E-state index contributed by atoms with van der Waals surface area (Å²) >= 11 is 5.74. The van der Waals surface area contributed by atoms with Crippen LogP contribution in [-0.4, -0.2) is 47.9 Å². The average molecular weight is 321 g/mol. The zero-order valence-corrected chi connectivity index (χ0v) is 12.5. The van der Waals surface area contributed by atoms with Crippen molar-refractivity contribution >= 4 is 32.9 Å². The maximum Gasteiger partial charge on any atom is 0.332 e. The van der Waals surface area contributed by atoms with Crippen molar-refractivity contribution in [2.45, 2.75) is 19.4 Å². The van der Waals surface area contributed by atoms with Gasteiger partial charge in [-0.2, -0.15) is 4.98 Å². The molecule has 0 bridgehead atoms. The van der Waals surface area contributed by atoms with E-state index in [4.69, 9.17) is 11.6 Å². The Hall–Kier alpha value is -1.48. The van der Waals surface area contributed by atoms with Crippen LogP contribution in [0.4, 0.5) is 11.5 Å². The van der Waals surface area contributed by atoms with Gasteiger partial charge in [-0.25, -0.2) is 13.4 Å². The SMILES string of the molecule is Cc1nc(Cl)nc(N(C)C2CCS(=O)(=O)C2)c1[N+](=O)[O-]. The molecule has 0 saturated carbocycles. The molecule has 1 saturated heterocycles. The van der Waals surface area contributed by atoms with Crippen LogP contribution in [0, 0.1) is 17.0 Å². The fraction of sp³-hybridized carbons (Fsp3) is 0.600. The number of aromatic nitrogens is 2. The summed E-state index contributed by atoms with van der Waals surface area (Å²) in [6.07, 6.45) is 0.413. The third kappa shape index (κ3) is 2.83. The molecule has 8 nitrogen and oxygen atoms in total. The van der Waals surface area contributed by atoms with Gasteiger partial charge in [-0.15, -0.1) is 0 Å². The molecular formula is C10H13ClN4O4S. The van der Waals surface area contributed by atoms with Gasteiger partial charge >= 0.3 is 5.69 Å². The molecule has 0 aromatic carbocycles. The van der Waals surface area contributed by atoms with Crippen LogP contribution in [-0.2, 0) is 9.84 Å². The monoisotopic (exact) mass is 320 g/mol. The highest BCUT2D eigenvalue weighted by atomic mass is 35.5. The number of anilines is 1. The van der Waals surface area contributed by atoms with Gasteiger partial charge in [0.15, 0.2) is 9.84 Å². The first kappa shape index (κ1) is 14.9. The molecule has 1 fully saturated rings. The molecule has 10 heteroatoms. The van der Waals surface area contributed by atoms with Crippen LogP contribution in [0.2, 0.25) is 5.28 Å². The summed E-state index contributed by atoms with van der Waals surface area (Å²) in [5.41, 5.74) is -0.0982. The molecule has 1 unspecified atom stereocenters. The van der Waals surface area contributed by atoms with E-state index < -0.39 is 14.8 Å². The molecular weight excluding hydrogens is 308 g/mol. The molecule has 0 N–H and O–H groups in total. The maximum absolute atomic E-state index is 11.5. The van der Waals surface area contributed by atoms with E-state index in [-0.39, 0.29) is 40.0 Å². The van der Waals surface area contributed by atoms with E-state index >= 15 is 0 Å². The highest BCUT2D eigenvalue weighted by Crippen LogP contribution is 2.32. The molecule has 1 aromatic rings. The number of aryl methyl sites for hydroxylation is 1. The van der Waals surface area contributed by atoms with Crippen molar-refractivity contribution in [2.24, 2.45) is 0 Å². The summed E-state index contributed by atoms with van der Waals surface area (Å²) in [5, 5.41) is 11.0. The van der Waals surface area contributed by atoms with Gasteiger partial charge in [-0.1, -0.05) is 0 Å². The number of hydrogen-bond donors (Lipinski definition) is 0. The minimum Gasteiger partial charge on any atom is -0.350 e. The van der Waals surface area contributed by atoms with E-state index in [0.717, 1.165) is 0 Å². The van der Waals surface area contributed by atoms with Crippen LogP contribution in [0.1, 0.15) is 12.1 Å². The second-order valence-electron chi connectivity index (χ2n) is 4.68. The van der Waals surface area contributed by atoms with Crippen molar-refractivity contribution in [1.82, 2.24) is 9.97 Å². The molecule has 110 valence electrons. The minimum atomic E-state index is -3.09. The standard InChI is InChI=1S/C10H13ClN4O4S/c1-6-8(15(16)17)9(13-10(11)12-6)14(2)7-3-4-20(18,19)5-7/h7H,3-5H2,1-2H3. The topological polar surface area (TPSA) is 106 Å². The summed E-state index contributed by atoms with van der Waals surface area (Å²) < 4.78 is 23.0. The normalized spacial score (nSPS) is 20.9. The lowest BCUT2D eigenvalue weighted by Crippen LogP contribution is -2.34. The Kier molecular flexibility index (Phi) is 3.83. The number of halogens is 1. The van der Waals surface area contributed by atoms with Crippen LogP contribution in [0.3, 0.4) is 0 Å². The average Bonchev–Trinajstić information content (AvgIpc) is 2.67. The molecule has 0 radical (unpaired) electrons. The first-order valence-electron chi connectivity index (χ1n) is 5.83. The van der Waals surface area contributed by atoms with Gasteiger partial charge in [0.2, 0.25) is 11.1 Å². The fourth-order valence-corrected chi connectivity index (χ4v) is 4.21. The maximum atomic E-state index is 11.5. The van der Waals surface area contributed by atoms with Crippen LogP contribution in [0.25, 0.3) is 0 Å². The number of nitrogens with zero attached hydrogens (tertiary/aromatic N) is 4. The minimum absolute atomic E-state index is 0.0404. The van der Waals surface area contributed by atoms with E-state index in [1.807, 2.05) is 0 Å². The Labute approximate surface area is 120 Å². The second-order valence-corrected chi connectivity index (χ2v) is 7.24. The number of nitro groups is 1. The lowest BCUT2D eigenvalue weighted by molar-refractivity contribution is -0.385. The quantitative estimate of drug-likeness (QED) is 0.464. The number of rotatable bonds is 3. The molecule has 1 atom stereocenters. The molecule has 1 aliphatic heterocycles. The smallest absolute Gasteiger partial charge is 0.332 e. The Morgan fingerprint density at radius 2 is 2.10 bits per heavy atom. The van der Waals surface area contributed by atoms with Crippen molar-refractivity contribution in [3.63, 3.8) is 0 Å². The summed E-state index contributed by atoms with van der Waals surface area (Å²) in [7, 11) is -1.51. The van der Waals surface area contributed by atoms with E-state index in [9.17, 15) is 18.5 Å². The molecule has 0 aliphatic carbocycles. The second kappa shape index (κ2) is 5.13. The molecule has 1 aliphatic rings. The highest BCUT2D eigenvalue weighted by Gasteiger charge is 2.35. The van der Waals surface area contributed by atoms with E-state index in [1.54, 1.807) is 7.05 Å². The number of hydrogen-bond acceptors (Lipinski definition) is 7. The Morgan fingerprint density at radius 3 is 2.60 bits per heavy atom. The third-order valence-electron chi connectivity index (χ3n) is 3.29. The zero-order chi connectivity index (χ0) is 15.1. The Morgan fingerprint density at radius 1 is 1.45 bits per heavy atom. The molecule has 20 heavy (non-hydrogen) atoms. The highest BCUT2D eigenvalue weighted by molar-refractivity contribution is 7.91. The largest absolute Gasteiger partial charge is 0.350 e. The summed E-state index contributed by atoms with van der Waals surface area (Å²) in [5.74, 6) is 0.0872. The summed E-state index contributed by atoms with van der Waals surface area (Å²) in [6, 6.07) is -0.343. The predicted molar refractivity (Wildman–Crippen MR) is 73.9 cm³/mol. The van der Waals surface area contributed by atoms with E-state index in [1.165, 1.54) is 11.8 Å². The summed E-state index contributed by atoms with van der Waals surface area (Å²) in [4.78, 5) is 19.7. The van der Waals surface area contributed by atoms with Crippen LogP contribution >= 0.6 is 11.6 Å². The Bertz CT molecular complexity index is 663. The predicted octanol–water partition coefficient (Wildman–Crippen LogP) is 0.970. The van der Waals surface area contributed by atoms with Gasteiger partial charge in [-0.3, -0.25) is 10.1 Å². The van der Waals surface area contributed by atoms with Crippen LogP contribution < -0.4 is 4.90 Å². The van der Waals surface area contributed by atoms with E-state index in [0.29, 0.717) is 6.42 Å². The van der Waals surface area contributed by atoms with Gasteiger partial charge in [-0.05, 0) is 24.9 Å². The van der Waals surface area contributed by atoms with Crippen molar-refractivity contribution in [1.29, 1.82) is 0 Å². The number of sulfone groups is 1. The Balaban J connectivity index is 2.44. The van der Waals surface area contributed by atoms with Crippen LogP contribution in [0.5, 0.6) is 0 Å². The van der Waals surface area contributed by atoms with Crippen LogP contribution in [0.15, 0.2) is 0 Å². The molecule has 0 spiro atoms. The first-order valence-corrected chi connectivity index (χ1v) is 8.03. The fourth-order valence-electron chi connectivity index (χ4n) is 2.23. The van der Waals surface area contributed by atoms with Crippen molar-refractivity contribution < 1.29 is 13.3 Å². The lowest BCUT2D eigenvalue weighted by Gasteiger charge is -2.24. The van der Waals surface area contributed by atoms with Gasteiger partial charge in [0.05, 0.1) is 16.4 Å². The lowest BCUT2D eigenvalue weighted by atomic mass is 10.2. The molecule has 2 heterocycles. The van der Waals surface area contributed by atoms with Crippen molar-refractivity contribution in [3.8, 4) is 0 Å². The molecule has 2 rings (SSSR count). The van der Waals surface area contributed by atoms with Gasteiger partial charge in [0, 0.05) is 13.1 Å². The van der Waals surface area contributed by atoms with E-state index in [2.05, 4.69) is 9.97 Å². The van der Waals surface area contributed by atoms with Gasteiger partial charge in [0.25, 0.3) is 0 Å². The van der Waals surface area contributed by atoms with Gasteiger partial charge in [0.1, 0.15) is 5.69 Å². The van der Waals surface area contributed by atoms with Gasteiger partial charge < -0.3 is 4.90 Å². The first-order chi connectivity index (χ1) is 9.21. The van der Waals surface area contributed by atoms with Crippen molar-refractivity contribution in [2.75, 3.05) is 23.5 Å². The van der Waals surface area contributed by atoms with Crippen molar-refractivity contribution in [3.05, 3.63) is 21.1 Å².